The Morgan fingerprint density at radius 2 is 1.69 bits per heavy atom. The molecule has 2 aromatic carbocycles. The molecule has 9 rings (SSSR count). The normalized spacial score (nSPS) is 26.1. The molecule has 3 N–H and O–H groups in total. The van der Waals surface area contributed by atoms with E-state index in [1.807, 2.05) is 12.2 Å². The number of benzene rings is 2. The third-order valence-corrected chi connectivity index (χ3v) is 14.8. The molecule has 3 aliphatic carbocycles. The minimum Gasteiger partial charge on any atom is -0.493 e. The number of nitrogens with one attached hydrogen (secondary N) is 3. The Morgan fingerprint density at radius 1 is 0.938 bits per heavy atom. The number of sulfonamides is 1. The van der Waals surface area contributed by atoms with E-state index in [0.717, 1.165) is 31.4 Å². The van der Waals surface area contributed by atoms with Crippen molar-refractivity contribution in [3.8, 4) is 23.0 Å². The average molecular weight is 923 g/mol. The molecule has 20 heteroatoms. The predicted molar refractivity (Wildman–Crippen MR) is 228 cm³/mol. The Morgan fingerprint density at radius 3 is 2.42 bits per heavy atom. The second-order valence-electron chi connectivity index (χ2n) is 17.5. The van der Waals surface area contributed by atoms with Crippen LogP contribution in [0.2, 0.25) is 0 Å². The third-order valence-electron chi connectivity index (χ3n) is 13.0. The van der Waals surface area contributed by atoms with E-state index in [-0.39, 0.29) is 60.3 Å². The first kappa shape index (κ1) is 44.3. The van der Waals surface area contributed by atoms with E-state index < -0.39 is 80.5 Å². The molecule has 4 amide bonds. The third kappa shape index (κ3) is 9.18. The molecule has 0 radical (unpaired) electrons. The first-order valence-corrected chi connectivity index (χ1v) is 23.6. The van der Waals surface area contributed by atoms with Crippen LogP contribution in [0.4, 0.5) is 18.0 Å². The lowest BCUT2D eigenvalue weighted by atomic mass is 10.0. The van der Waals surface area contributed by atoms with E-state index in [9.17, 15) is 40.8 Å². The maximum atomic E-state index is 14.8. The van der Waals surface area contributed by atoms with E-state index in [1.54, 1.807) is 18.2 Å². The molecule has 16 nitrogen and oxygen atoms in total. The second kappa shape index (κ2) is 17.5. The zero-order valence-electron chi connectivity index (χ0n) is 35.5. The number of hydrogen-bond acceptors (Lipinski definition) is 12. The van der Waals surface area contributed by atoms with Crippen molar-refractivity contribution < 1.29 is 59.4 Å². The van der Waals surface area contributed by atoms with Crippen LogP contribution in [0.3, 0.4) is 0 Å². The van der Waals surface area contributed by atoms with Crippen LogP contribution in [0.5, 0.6) is 11.6 Å². The lowest BCUT2D eigenvalue weighted by Crippen LogP contribution is -2.58. The topological polar surface area (TPSA) is 208 Å². The van der Waals surface area contributed by atoms with Crippen LogP contribution < -0.4 is 24.8 Å². The SMILES string of the molecule is COc1cccc2c1oc1c(O[C@@H]3C[C@H]4C(=O)N[C@]5(C(=O)NS(=O)(=O)C6CC6)C[C@@H]5/C=C\CCCCC[C@H](NC(=O)OC5CCCC5)C(=O)N4C3)nc(-c3ccc(C(F)(F)F)cc3)nc12. The van der Waals surface area contributed by atoms with Gasteiger partial charge in [0.05, 0.1) is 29.9 Å². The van der Waals surface area contributed by atoms with Crippen molar-refractivity contribution in [1.29, 1.82) is 0 Å². The minimum atomic E-state index is -4.58. The molecule has 0 spiro atoms. The fourth-order valence-corrected chi connectivity index (χ4v) is 10.5. The smallest absolute Gasteiger partial charge is 0.416 e. The molecule has 346 valence electrons. The van der Waals surface area contributed by atoms with E-state index in [4.69, 9.17) is 18.6 Å². The van der Waals surface area contributed by atoms with Crippen molar-refractivity contribution in [3.05, 3.63) is 60.2 Å². The average Bonchev–Trinajstić information content (AvgIpc) is 4.08. The number of ether oxygens (including phenoxy) is 3. The van der Waals surface area contributed by atoms with Crippen LogP contribution in [-0.2, 0) is 35.3 Å². The summed E-state index contributed by atoms with van der Waals surface area (Å²) in [6.45, 7) is -0.212. The van der Waals surface area contributed by atoms with Crippen LogP contribution in [0.25, 0.3) is 33.5 Å². The number of halogens is 3. The number of carbonyl (C=O) groups excluding carboxylic acids is 4. The van der Waals surface area contributed by atoms with Crippen LogP contribution in [0.15, 0.2) is 59.0 Å². The van der Waals surface area contributed by atoms with Crippen molar-refractivity contribution in [2.24, 2.45) is 5.92 Å². The highest BCUT2D eigenvalue weighted by Crippen LogP contribution is 2.46. The summed E-state index contributed by atoms with van der Waals surface area (Å²) in [4.78, 5) is 67.2. The summed E-state index contributed by atoms with van der Waals surface area (Å²) in [6.07, 6.45) is 4.02. The van der Waals surface area contributed by atoms with Crippen LogP contribution in [0.1, 0.15) is 89.0 Å². The van der Waals surface area contributed by atoms with Gasteiger partial charge < -0.3 is 34.2 Å². The Balaban J connectivity index is 1.07. The van der Waals surface area contributed by atoms with Crippen molar-refractivity contribution in [1.82, 2.24) is 30.2 Å². The first-order chi connectivity index (χ1) is 31.1. The number of aromatic nitrogens is 2. The number of allylic oxidation sites excluding steroid dienone is 1. The summed E-state index contributed by atoms with van der Waals surface area (Å²) in [6, 6.07) is 7.01. The van der Waals surface area contributed by atoms with Gasteiger partial charge in [0.15, 0.2) is 17.2 Å². The van der Waals surface area contributed by atoms with Gasteiger partial charge in [0.1, 0.15) is 35.3 Å². The van der Waals surface area contributed by atoms with E-state index >= 15 is 0 Å². The standard InChI is InChI=1S/C45H49F3N6O10S/c1-61-34-15-9-13-31-35-37(64-36(31)34)40(51-38(50-35)25-16-18-26(19-17-25)45(46,47)48)62-29-22-33-39(55)52-44(42(57)53-65(59,60)30-20-21-30)23-27(44)10-5-3-2-4-6-14-32(41(56)54(33)24-29)49-43(58)63-28-11-7-8-12-28/h5,9-10,13,15-19,27-30,32-33H,2-4,6-8,11-12,14,20-24H2,1H3,(H,49,58)(H,52,55)(H,53,57)/b10-5-/t27-,29+,32-,33-,44+/m0/s1. The molecule has 5 aliphatic rings. The number of alkyl carbamates (subject to hydrolysis) is 1. The fourth-order valence-electron chi connectivity index (χ4n) is 9.13. The van der Waals surface area contributed by atoms with E-state index in [2.05, 4.69) is 25.3 Å². The Bertz CT molecular complexity index is 2650. The lowest BCUT2D eigenvalue weighted by molar-refractivity contribution is -0.141. The van der Waals surface area contributed by atoms with Gasteiger partial charge in [-0.15, -0.1) is 0 Å². The van der Waals surface area contributed by atoms with Gasteiger partial charge in [0, 0.05) is 17.9 Å². The van der Waals surface area contributed by atoms with Gasteiger partial charge in [-0.1, -0.05) is 43.2 Å². The van der Waals surface area contributed by atoms with Gasteiger partial charge in [0.2, 0.25) is 27.4 Å². The summed E-state index contributed by atoms with van der Waals surface area (Å²) in [5.74, 6) is -2.50. The summed E-state index contributed by atoms with van der Waals surface area (Å²) in [7, 11) is -2.53. The summed E-state index contributed by atoms with van der Waals surface area (Å²) in [5, 5.41) is 5.40. The number of hydrogen-bond donors (Lipinski definition) is 3. The number of alkyl halides is 3. The van der Waals surface area contributed by atoms with Crippen molar-refractivity contribution >= 4 is 55.9 Å². The Hall–Kier alpha value is -5.92. The summed E-state index contributed by atoms with van der Waals surface area (Å²) in [5.41, 5.74) is -1.64. The molecule has 3 saturated carbocycles. The highest BCUT2D eigenvalue weighted by Gasteiger charge is 2.62. The molecule has 2 aromatic heterocycles. The zero-order chi connectivity index (χ0) is 45.7. The fraction of sp³-hybridized carbons (Fsp3) is 0.511. The second-order valence-corrected chi connectivity index (χ2v) is 19.5. The molecule has 2 aliphatic heterocycles. The molecule has 4 fully saturated rings. The van der Waals surface area contributed by atoms with Crippen LogP contribution in [0, 0.1) is 5.92 Å². The number of furan rings is 1. The van der Waals surface area contributed by atoms with Gasteiger partial charge in [-0.05, 0) is 88.5 Å². The number of carbonyl (C=O) groups is 4. The van der Waals surface area contributed by atoms with Crippen molar-refractivity contribution in [3.63, 3.8) is 0 Å². The van der Waals surface area contributed by atoms with E-state index in [1.165, 1.54) is 24.1 Å². The Labute approximate surface area is 372 Å². The molecule has 65 heavy (non-hydrogen) atoms. The number of amides is 4. The summed E-state index contributed by atoms with van der Waals surface area (Å²) >= 11 is 0. The monoisotopic (exact) mass is 922 g/mol. The van der Waals surface area contributed by atoms with Crippen molar-refractivity contribution in [2.75, 3.05) is 13.7 Å². The van der Waals surface area contributed by atoms with Gasteiger partial charge in [-0.2, -0.15) is 18.2 Å². The first-order valence-electron chi connectivity index (χ1n) is 22.1. The molecule has 4 aromatic rings. The minimum absolute atomic E-state index is 0.000352. The molecule has 1 saturated heterocycles. The van der Waals surface area contributed by atoms with Gasteiger partial charge >= 0.3 is 12.3 Å². The van der Waals surface area contributed by atoms with Crippen LogP contribution >= 0.6 is 0 Å². The Kier molecular flexibility index (Phi) is 11.9. The predicted octanol–water partition coefficient (Wildman–Crippen LogP) is 6.46. The number of fused-ring (bicyclic) bond motifs is 5. The quantitative estimate of drug-likeness (QED) is 0.155. The largest absolute Gasteiger partial charge is 0.493 e. The number of rotatable bonds is 9. The summed E-state index contributed by atoms with van der Waals surface area (Å²) < 4.78 is 92.8. The molecule has 0 bridgehead atoms. The zero-order valence-corrected chi connectivity index (χ0v) is 36.3. The molecular formula is C45H49F3N6O10S. The van der Waals surface area contributed by atoms with Crippen molar-refractivity contribution in [2.45, 2.75) is 125 Å². The highest BCUT2D eigenvalue weighted by molar-refractivity contribution is 7.91. The molecule has 4 heterocycles. The van der Waals surface area contributed by atoms with Gasteiger partial charge in [0.25, 0.3) is 11.8 Å². The lowest BCUT2D eigenvalue weighted by Gasteiger charge is -2.30. The van der Waals surface area contributed by atoms with Gasteiger partial charge in [-0.25, -0.2) is 18.2 Å². The van der Waals surface area contributed by atoms with Gasteiger partial charge in [-0.3, -0.25) is 19.1 Å². The molecule has 5 atom stereocenters. The van der Waals surface area contributed by atoms with Crippen LogP contribution in [-0.4, -0.2) is 95.8 Å². The number of methoxy groups -OCH3 is 1. The highest BCUT2D eigenvalue weighted by atomic mass is 32.2. The maximum Gasteiger partial charge on any atom is 0.416 e. The van der Waals surface area contributed by atoms with E-state index in [0.29, 0.717) is 61.7 Å². The maximum absolute atomic E-state index is 14.8. The molecular weight excluding hydrogens is 874 g/mol. The molecule has 0 unspecified atom stereocenters. The number of nitrogens with zero attached hydrogens (tertiary/aromatic N) is 3. The number of para-hydroxylation sites is 1.